The molecule has 2 atom stereocenters. The molecule has 42 heavy (non-hydrogen) atoms. The Morgan fingerprint density at radius 2 is 1.86 bits per heavy atom. The first-order chi connectivity index (χ1) is 20.4. The largest absolute Gasteiger partial charge is 0.376 e. The van der Waals surface area contributed by atoms with Crippen LogP contribution in [-0.4, -0.2) is 53.1 Å². The van der Waals surface area contributed by atoms with Gasteiger partial charge in [-0.15, -0.1) is 11.8 Å². The molecular formula is C33H33FN4O3S. The van der Waals surface area contributed by atoms with E-state index in [0.717, 1.165) is 46.3 Å². The van der Waals surface area contributed by atoms with Gasteiger partial charge in [-0.3, -0.25) is 14.5 Å². The number of ether oxygens (including phenoxy) is 1. The number of benzene rings is 3. The van der Waals surface area contributed by atoms with Crippen molar-refractivity contribution < 1.29 is 18.7 Å². The molecule has 7 nitrogen and oxygen atoms in total. The van der Waals surface area contributed by atoms with E-state index in [1.54, 1.807) is 17.0 Å². The highest BCUT2D eigenvalue weighted by molar-refractivity contribution is 8.00. The van der Waals surface area contributed by atoms with E-state index in [9.17, 15) is 14.0 Å². The second-order valence-electron chi connectivity index (χ2n) is 10.7. The van der Waals surface area contributed by atoms with Crippen LogP contribution in [0, 0.1) is 19.7 Å². The third-order valence-electron chi connectivity index (χ3n) is 7.97. The first-order valence-electron chi connectivity index (χ1n) is 14.2. The maximum atomic E-state index is 14.0. The lowest BCUT2D eigenvalue weighted by molar-refractivity contribution is -0.123. The fourth-order valence-electron chi connectivity index (χ4n) is 5.59. The summed E-state index contributed by atoms with van der Waals surface area (Å²) in [5.41, 5.74) is 6.22. The molecule has 1 saturated heterocycles. The average molecular weight is 585 g/mol. The van der Waals surface area contributed by atoms with Gasteiger partial charge in [0.05, 0.1) is 28.5 Å². The van der Waals surface area contributed by atoms with Crippen LogP contribution < -0.4 is 10.2 Å². The Labute approximate surface area is 249 Å². The molecule has 0 radical (unpaired) electrons. The minimum absolute atomic E-state index is 0.00656. The number of aromatic nitrogens is 2. The van der Waals surface area contributed by atoms with Crippen molar-refractivity contribution in [3.8, 4) is 16.9 Å². The van der Waals surface area contributed by atoms with Crippen LogP contribution in [0.25, 0.3) is 16.9 Å². The lowest BCUT2D eigenvalue weighted by Crippen LogP contribution is -2.44. The molecule has 2 unspecified atom stereocenters. The van der Waals surface area contributed by atoms with E-state index in [-0.39, 0.29) is 41.3 Å². The van der Waals surface area contributed by atoms with Gasteiger partial charge in [0, 0.05) is 24.3 Å². The smallest absolute Gasteiger partial charge is 0.240 e. The number of nitrogens with zero attached hydrogens (tertiary/aromatic N) is 3. The van der Waals surface area contributed by atoms with Gasteiger partial charge in [-0.1, -0.05) is 54.6 Å². The van der Waals surface area contributed by atoms with E-state index < -0.39 is 0 Å². The van der Waals surface area contributed by atoms with E-state index in [2.05, 4.69) is 5.32 Å². The number of amides is 2. The fourth-order valence-corrected chi connectivity index (χ4v) is 6.79. The third-order valence-corrected chi connectivity index (χ3v) is 9.22. The van der Waals surface area contributed by atoms with Crippen molar-refractivity contribution in [3.05, 3.63) is 101 Å². The van der Waals surface area contributed by atoms with Crippen molar-refractivity contribution >= 4 is 29.4 Å². The number of thioether (sulfide) groups is 1. The summed E-state index contributed by atoms with van der Waals surface area (Å²) in [6.45, 7) is 5.03. The number of rotatable bonds is 7. The number of hydrogen-bond acceptors (Lipinski definition) is 5. The number of nitrogens with one attached hydrogen (secondary N) is 1. The third kappa shape index (κ3) is 5.58. The second kappa shape index (κ2) is 12.1. The zero-order chi connectivity index (χ0) is 29.2. The molecule has 0 spiro atoms. The van der Waals surface area contributed by atoms with Crippen LogP contribution in [0.1, 0.15) is 40.3 Å². The monoisotopic (exact) mass is 584 g/mol. The quantitative estimate of drug-likeness (QED) is 0.299. The van der Waals surface area contributed by atoms with Crippen LogP contribution in [-0.2, 0) is 14.3 Å². The highest BCUT2D eigenvalue weighted by atomic mass is 32.2. The molecule has 216 valence electrons. The van der Waals surface area contributed by atoms with Crippen molar-refractivity contribution in [2.75, 3.05) is 30.3 Å². The van der Waals surface area contributed by atoms with Crippen LogP contribution in [0.4, 0.5) is 10.2 Å². The summed E-state index contributed by atoms with van der Waals surface area (Å²) in [5, 5.41) is 7.81. The number of carbonyl (C=O) groups excluding carboxylic acids is 2. The molecule has 2 aliphatic heterocycles. The second-order valence-corrected chi connectivity index (χ2v) is 11.8. The molecule has 4 aromatic rings. The number of carbonyl (C=O) groups is 2. The van der Waals surface area contributed by atoms with Crippen molar-refractivity contribution in [2.45, 2.75) is 38.0 Å². The summed E-state index contributed by atoms with van der Waals surface area (Å²) in [7, 11) is 0. The van der Waals surface area contributed by atoms with Gasteiger partial charge in [0.1, 0.15) is 18.2 Å². The van der Waals surface area contributed by atoms with Gasteiger partial charge in [0.15, 0.2) is 0 Å². The molecule has 6 rings (SSSR count). The Balaban J connectivity index is 1.54. The standard InChI is InChI=1S/C33H33FN4O3S/c1-21-8-6-12-27(22(21)2)38-33-30(31(36-38)23-9-4-3-5-10-23)32(24-13-15-25(34)16-14-24)42-20-29(40)37(33)19-28(39)35-18-26-11-7-17-41-26/h3-6,8-10,12-16,26,32H,7,11,17-20H2,1-2H3,(H,35,39). The fraction of sp³-hybridized carbons (Fsp3) is 0.303. The predicted molar refractivity (Wildman–Crippen MR) is 164 cm³/mol. The van der Waals surface area contributed by atoms with Gasteiger partial charge < -0.3 is 10.1 Å². The normalized spacial score (nSPS) is 18.5. The SMILES string of the molecule is Cc1cccc(-n2nc(-c3ccccc3)c3c2N(CC(=O)NCC2CCCO2)C(=O)CSC3c2ccc(F)cc2)c1C. The van der Waals surface area contributed by atoms with E-state index in [4.69, 9.17) is 9.84 Å². The van der Waals surface area contributed by atoms with E-state index >= 15 is 0 Å². The first-order valence-corrected chi connectivity index (χ1v) is 15.3. The minimum atomic E-state index is -0.326. The number of anilines is 1. The summed E-state index contributed by atoms with van der Waals surface area (Å²) in [6.07, 6.45) is 1.88. The lowest BCUT2D eigenvalue weighted by atomic mass is 9.99. The van der Waals surface area contributed by atoms with Gasteiger partial charge in [0.2, 0.25) is 11.8 Å². The maximum Gasteiger partial charge on any atom is 0.240 e. The van der Waals surface area contributed by atoms with Crippen molar-refractivity contribution in [2.24, 2.45) is 0 Å². The summed E-state index contributed by atoms with van der Waals surface area (Å²) >= 11 is 1.46. The van der Waals surface area contributed by atoms with Gasteiger partial charge >= 0.3 is 0 Å². The lowest BCUT2D eigenvalue weighted by Gasteiger charge is -2.24. The van der Waals surface area contributed by atoms with Gasteiger partial charge in [-0.25, -0.2) is 9.07 Å². The van der Waals surface area contributed by atoms with E-state index in [1.165, 1.54) is 23.9 Å². The van der Waals surface area contributed by atoms with Gasteiger partial charge in [0.25, 0.3) is 0 Å². The summed E-state index contributed by atoms with van der Waals surface area (Å²) in [4.78, 5) is 28.8. The summed E-state index contributed by atoms with van der Waals surface area (Å²) < 4.78 is 21.5. The maximum absolute atomic E-state index is 14.0. The van der Waals surface area contributed by atoms with Crippen LogP contribution in [0.2, 0.25) is 0 Å². The summed E-state index contributed by atoms with van der Waals surface area (Å²) in [5.74, 6) is -0.0718. The first kappa shape index (κ1) is 28.2. The van der Waals surface area contributed by atoms with Gasteiger partial charge in [-0.2, -0.15) is 5.10 Å². The van der Waals surface area contributed by atoms with E-state index in [0.29, 0.717) is 24.7 Å². The Kier molecular flexibility index (Phi) is 8.13. The van der Waals surface area contributed by atoms with Crippen molar-refractivity contribution in [1.29, 1.82) is 0 Å². The van der Waals surface area contributed by atoms with Crippen molar-refractivity contribution in [3.63, 3.8) is 0 Å². The van der Waals surface area contributed by atoms with Gasteiger partial charge in [-0.05, 0) is 61.6 Å². The van der Waals surface area contributed by atoms with Crippen molar-refractivity contribution in [1.82, 2.24) is 15.1 Å². The molecule has 0 saturated carbocycles. The molecule has 0 aliphatic carbocycles. The van der Waals surface area contributed by atoms with Crippen LogP contribution in [0.3, 0.4) is 0 Å². The molecule has 3 heterocycles. The van der Waals surface area contributed by atoms with Crippen LogP contribution >= 0.6 is 11.8 Å². The topological polar surface area (TPSA) is 76.5 Å². The molecule has 2 amide bonds. The number of halogens is 1. The molecular weight excluding hydrogens is 551 g/mol. The molecule has 1 fully saturated rings. The number of fused-ring (bicyclic) bond motifs is 1. The predicted octanol–water partition coefficient (Wildman–Crippen LogP) is 5.76. The minimum Gasteiger partial charge on any atom is -0.376 e. The Morgan fingerprint density at radius 3 is 2.60 bits per heavy atom. The molecule has 3 aromatic carbocycles. The number of aryl methyl sites for hydroxylation is 1. The molecule has 1 N–H and O–H groups in total. The zero-order valence-electron chi connectivity index (χ0n) is 23.7. The average Bonchev–Trinajstić information content (AvgIpc) is 3.63. The summed E-state index contributed by atoms with van der Waals surface area (Å²) in [6, 6.07) is 22.2. The Hall–Kier alpha value is -3.95. The number of hydrogen-bond donors (Lipinski definition) is 1. The molecule has 0 bridgehead atoms. The molecule has 2 aliphatic rings. The molecule has 1 aromatic heterocycles. The molecule has 9 heteroatoms. The Bertz CT molecular complexity index is 1600. The Morgan fingerprint density at radius 1 is 1.07 bits per heavy atom. The highest BCUT2D eigenvalue weighted by Gasteiger charge is 2.38. The van der Waals surface area contributed by atoms with E-state index in [1.807, 2.05) is 67.1 Å². The highest BCUT2D eigenvalue weighted by Crippen LogP contribution is 2.48. The van der Waals surface area contributed by atoms with Crippen LogP contribution in [0.15, 0.2) is 72.8 Å². The zero-order valence-corrected chi connectivity index (χ0v) is 24.5. The van der Waals surface area contributed by atoms with Crippen LogP contribution in [0.5, 0.6) is 0 Å².